The van der Waals surface area contributed by atoms with Gasteiger partial charge in [0.15, 0.2) is 0 Å². The minimum Gasteiger partial charge on any atom is -0.481 e. The predicted octanol–water partition coefficient (Wildman–Crippen LogP) is 2.16. The van der Waals surface area contributed by atoms with Crippen LogP contribution in [-0.4, -0.2) is 33.5 Å². The molecule has 0 spiro atoms. The van der Waals surface area contributed by atoms with Crippen molar-refractivity contribution in [3.05, 3.63) is 10.4 Å². The van der Waals surface area contributed by atoms with Crippen molar-refractivity contribution in [1.29, 1.82) is 0 Å². The van der Waals surface area contributed by atoms with Gasteiger partial charge >= 0.3 is 12.1 Å². The Morgan fingerprint density at radius 3 is 2.13 bits per heavy atom. The maximum absolute atomic E-state index is 10.3. The number of hydrogen-bond donors (Lipinski definition) is 3. The Bertz CT molecular complexity index is 243. The number of hydrogen-bond acceptors (Lipinski definition) is 3. The number of unbranched alkanes of at least 4 members (excludes halogenated alkanes) is 1. The van der Waals surface area contributed by atoms with Crippen LogP contribution in [0.3, 0.4) is 0 Å². The molecule has 0 radical (unpaired) electrons. The Morgan fingerprint density at radius 1 is 1.40 bits per heavy atom. The summed E-state index contributed by atoms with van der Waals surface area (Å²) in [5, 5.41) is 25.6. The van der Waals surface area contributed by atoms with Crippen LogP contribution in [0.2, 0.25) is 0 Å². The second-order valence-corrected chi connectivity index (χ2v) is 2.48. The number of nitrogens with zero attached hydrogens (tertiary/aromatic N) is 3. The Balaban J connectivity index is 0. The third-order valence-electron chi connectivity index (χ3n) is 1.31. The fraction of sp³-hybridized carbons (Fsp3) is 0.714. The molecule has 3 N–H and O–H groups in total. The first-order valence-corrected chi connectivity index (χ1v) is 4.14. The van der Waals surface area contributed by atoms with Crippen molar-refractivity contribution in [3.63, 3.8) is 0 Å². The first kappa shape index (κ1) is 15.5. The third-order valence-corrected chi connectivity index (χ3v) is 1.31. The standard InChI is InChI=1S/C6H11N3O2.CH2O3/c1-2-3-4-5(6(10)11)8-9-7;2-1(3)4/h5H,2-4H2,1H3,(H,10,11);(H2,2,3,4). The van der Waals surface area contributed by atoms with Gasteiger partial charge in [0, 0.05) is 4.91 Å². The Kier molecular flexibility index (Phi) is 10.5. The number of rotatable bonds is 5. The summed E-state index contributed by atoms with van der Waals surface area (Å²) < 4.78 is 0. The molecule has 0 aliphatic carbocycles. The van der Waals surface area contributed by atoms with Gasteiger partial charge in [-0.3, -0.25) is 4.79 Å². The van der Waals surface area contributed by atoms with E-state index in [0.29, 0.717) is 6.42 Å². The Labute approximate surface area is 85.8 Å². The molecule has 86 valence electrons. The maximum atomic E-state index is 10.3. The zero-order chi connectivity index (χ0) is 12.3. The summed E-state index contributed by atoms with van der Waals surface area (Å²) in [6.07, 6.45) is 0.274. The molecule has 0 saturated heterocycles. The van der Waals surface area contributed by atoms with Gasteiger partial charge in [-0.15, -0.1) is 0 Å². The molecule has 0 fully saturated rings. The predicted molar refractivity (Wildman–Crippen MR) is 50.7 cm³/mol. The van der Waals surface area contributed by atoms with E-state index in [1.807, 2.05) is 6.92 Å². The number of azide groups is 1. The summed E-state index contributed by atoms with van der Waals surface area (Å²) >= 11 is 0. The summed E-state index contributed by atoms with van der Waals surface area (Å²) in [5.41, 5.74) is 7.98. The van der Waals surface area contributed by atoms with Gasteiger partial charge in [-0.2, -0.15) is 0 Å². The van der Waals surface area contributed by atoms with Crippen molar-refractivity contribution < 1.29 is 24.9 Å². The summed E-state index contributed by atoms with van der Waals surface area (Å²) in [6.45, 7) is 1.95. The second-order valence-electron chi connectivity index (χ2n) is 2.48. The number of aliphatic carboxylic acids is 1. The highest BCUT2D eigenvalue weighted by atomic mass is 16.6. The van der Waals surface area contributed by atoms with Crippen molar-refractivity contribution >= 4 is 12.1 Å². The normalized spacial score (nSPS) is 10.2. The van der Waals surface area contributed by atoms with E-state index in [4.69, 9.17) is 25.6 Å². The summed E-state index contributed by atoms with van der Waals surface area (Å²) in [4.78, 5) is 21.3. The average Bonchev–Trinajstić information content (AvgIpc) is 2.10. The molecular weight excluding hydrogens is 206 g/mol. The van der Waals surface area contributed by atoms with E-state index in [1.165, 1.54) is 0 Å². The van der Waals surface area contributed by atoms with E-state index in [1.54, 1.807) is 0 Å². The molecule has 0 aliphatic heterocycles. The lowest BCUT2D eigenvalue weighted by Gasteiger charge is -2.02. The molecule has 8 heteroatoms. The van der Waals surface area contributed by atoms with E-state index < -0.39 is 18.2 Å². The molecule has 1 unspecified atom stereocenters. The van der Waals surface area contributed by atoms with Crippen molar-refractivity contribution in [2.75, 3.05) is 0 Å². The lowest BCUT2D eigenvalue weighted by molar-refractivity contribution is -0.138. The lowest BCUT2D eigenvalue weighted by atomic mass is 10.1. The van der Waals surface area contributed by atoms with Crippen LogP contribution < -0.4 is 0 Å². The molecule has 1 atom stereocenters. The van der Waals surface area contributed by atoms with E-state index in [0.717, 1.165) is 12.8 Å². The lowest BCUT2D eigenvalue weighted by Crippen LogP contribution is -2.16. The highest BCUT2D eigenvalue weighted by Gasteiger charge is 2.13. The second kappa shape index (κ2) is 10.1. The van der Waals surface area contributed by atoms with E-state index >= 15 is 0 Å². The zero-order valence-corrected chi connectivity index (χ0v) is 8.20. The molecular formula is C7H13N3O5. The van der Waals surface area contributed by atoms with Gasteiger partial charge in [-0.25, -0.2) is 4.79 Å². The van der Waals surface area contributed by atoms with E-state index in [-0.39, 0.29) is 0 Å². The molecule has 0 aliphatic rings. The van der Waals surface area contributed by atoms with Gasteiger partial charge in [0.25, 0.3) is 0 Å². The van der Waals surface area contributed by atoms with Crippen LogP contribution in [-0.2, 0) is 4.79 Å². The van der Waals surface area contributed by atoms with Crippen LogP contribution in [0.4, 0.5) is 4.79 Å². The van der Waals surface area contributed by atoms with Gasteiger partial charge < -0.3 is 15.3 Å². The summed E-state index contributed by atoms with van der Waals surface area (Å²) in [6, 6.07) is -0.889. The Hall–Kier alpha value is -1.95. The minimum absolute atomic E-state index is 0.426. The molecule has 0 bridgehead atoms. The smallest absolute Gasteiger partial charge is 0.481 e. The van der Waals surface area contributed by atoms with Crippen molar-refractivity contribution in [1.82, 2.24) is 0 Å². The molecule has 8 nitrogen and oxygen atoms in total. The van der Waals surface area contributed by atoms with Crippen molar-refractivity contribution in [2.45, 2.75) is 32.2 Å². The first-order chi connectivity index (χ1) is 6.95. The summed E-state index contributed by atoms with van der Waals surface area (Å²) in [5.74, 6) is -1.05. The van der Waals surface area contributed by atoms with Gasteiger partial charge in [0.1, 0.15) is 6.04 Å². The summed E-state index contributed by atoms with van der Waals surface area (Å²) in [7, 11) is 0. The highest BCUT2D eigenvalue weighted by Crippen LogP contribution is 2.04. The minimum atomic E-state index is -1.83. The fourth-order valence-corrected chi connectivity index (χ4v) is 0.690. The maximum Gasteiger partial charge on any atom is 0.503 e. The van der Waals surface area contributed by atoms with Crippen LogP contribution in [0.1, 0.15) is 26.2 Å². The van der Waals surface area contributed by atoms with Crippen LogP contribution in [0.25, 0.3) is 10.4 Å². The molecule has 0 rings (SSSR count). The van der Waals surface area contributed by atoms with Crippen LogP contribution >= 0.6 is 0 Å². The van der Waals surface area contributed by atoms with Gasteiger partial charge in [-0.1, -0.05) is 24.9 Å². The average molecular weight is 219 g/mol. The van der Waals surface area contributed by atoms with Gasteiger partial charge in [0.2, 0.25) is 0 Å². The van der Waals surface area contributed by atoms with Crippen LogP contribution in [0.15, 0.2) is 5.11 Å². The largest absolute Gasteiger partial charge is 0.503 e. The topological polar surface area (TPSA) is 144 Å². The quantitative estimate of drug-likeness (QED) is 0.368. The fourth-order valence-electron chi connectivity index (χ4n) is 0.690. The van der Waals surface area contributed by atoms with Crippen molar-refractivity contribution in [2.24, 2.45) is 5.11 Å². The van der Waals surface area contributed by atoms with Crippen molar-refractivity contribution in [3.8, 4) is 0 Å². The van der Waals surface area contributed by atoms with E-state index in [2.05, 4.69) is 10.0 Å². The van der Waals surface area contributed by atoms with E-state index in [9.17, 15) is 4.79 Å². The highest BCUT2D eigenvalue weighted by molar-refractivity contribution is 5.73. The van der Waals surface area contributed by atoms with Gasteiger partial charge in [0.05, 0.1) is 0 Å². The molecule has 15 heavy (non-hydrogen) atoms. The van der Waals surface area contributed by atoms with Crippen LogP contribution in [0.5, 0.6) is 0 Å². The number of carboxylic acid groups (broad SMARTS) is 3. The Morgan fingerprint density at radius 2 is 1.87 bits per heavy atom. The molecule has 0 aromatic heterocycles. The zero-order valence-electron chi connectivity index (χ0n) is 8.20. The number of carbonyl (C=O) groups is 2. The molecule has 0 heterocycles. The monoisotopic (exact) mass is 219 g/mol. The number of carboxylic acids is 1. The molecule has 0 saturated carbocycles. The first-order valence-electron chi connectivity index (χ1n) is 4.14. The SMILES string of the molecule is CCCCC(N=[N+]=[N-])C(=O)O.O=C(O)O. The third kappa shape index (κ3) is 14.9. The van der Waals surface area contributed by atoms with Crippen LogP contribution in [0, 0.1) is 0 Å². The van der Waals surface area contributed by atoms with Gasteiger partial charge in [-0.05, 0) is 12.0 Å². The molecule has 0 amide bonds. The molecule has 0 aromatic rings. The molecule has 0 aromatic carbocycles.